The van der Waals surface area contributed by atoms with Crippen LogP contribution in [0.4, 0.5) is 0 Å². The molecule has 2 rings (SSSR count). The van der Waals surface area contributed by atoms with Crippen LogP contribution in [0.5, 0.6) is 0 Å². The number of hydrogen-bond donors (Lipinski definition) is 2. The molecule has 1 saturated carbocycles. The van der Waals surface area contributed by atoms with Gasteiger partial charge in [0.05, 0.1) is 10.4 Å². The van der Waals surface area contributed by atoms with Crippen molar-refractivity contribution in [2.45, 2.75) is 51.5 Å². The van der Waals surface area contributed by atoms with Crippen LogP contribution in [0, 0.1) is 5.41 Å². The molecule has 5 heteroatoms. The molecular formula is C14H25N3OS. The number of hydrogen-bond acceptors (Lipinski definition) is 3. The second kappa shape index (κ2) is 6.18. The molecular weight excluding hydrogens is 258 g/mol. The molecule has 19 heavy (non-hydrogen) atoms. The molecule has 0 spiro atoms. The predicted molar refractivity (Wildman–Crippen MR) is 81.0 cm³/mol. The summed E-state index contributed by atoms with van der Waals surface area (Å²) in [6.07, 6.45) is 6.55. The maximum atomic E-state index is 12.3. The summed E-state index contributed by atoms with van der Waals surface area (Å²) in [5.41, 5.74) is 5.20. The van der Waals surface area contributed by atoms with Gasteiger partial charge >= 0.3 is 0 Å². The van der Waals surface area contributed by atoms with Crippen molar-refractivity contribution in [3.63, 3.8) is 0 Å². The Hall–Kier alpha value is -0.680. The minimum absolute atomic E-state index is 0.0377. The molecule has 0 radical (unpaired) electrons. The number of carbonyl (C=O) groups is 1. The van der Waals surface area contributed by atoms with Crippen LogP contribution in [0.25, 0.3) is 0 Å². The van der Waals surface area contributed by atoms with Gasteiger partial charge in [0.15, 0.2) is 0 Å². The summed E-state index contributed by atoms with van der Waals surface area (Å²) in [5, 5.41) is 3.10. The maximum absolute atomic E-state index is 12.3. The number of rotatable bonds is 5. The van der Waals surface area contributed by atoms with Crippen LogP contribution in [0.3, 0.4) is 0 Å². The van der Waals surface area contributed by atoms with Gasteiger partial charge in [0.25, 0.3) is 0 Å². The third-order valence-corrected chi connectivity index (χ3v) is 4.86. The molecule has 1 heterocycles. The van der Waals surface area contributed by atoms with Crippen LogP contribution >= 0.6 is 12.2 Å². The summed E-state index contributed by atoms with van der Waals surface area (Å²) in [5.74, 6) is 0.0377. The second-order valence-electron chi connectivity index (χ2n) is 6.04. The van der Waals surface area contributed by atoms with Gasteiger partial charge in [0.2, 0.25) is 5.91 Å². The van der Waals surface area contributed by atoms with E-state index in [0.717, 1.165) is 38.9 Å². The van der Waals surface area contributed by atoms with Crippen molar-refractivity contribution in [2.24, 2.45) is 11.1 Å². The Morgan fingerprint density at radius 3 is 2.42 bits per heavy atom. The van der Waals surface area contributed by atoms with E-state index in [9.17, 15) is 4.79 Å². The third kappa shape index (κ3) is 3.26. The van der Waals surface area contributed by atoms with E-state index in [1.165, 1.54) is 19.3 Å². The van der Waals surface area contributed by atoms with Crippen LogP contribution < -0.4 is 11.1 Å². The number of thiocarbonyl (C=S) groups is 1. The maximum Gasteiger partial charge on any atom is 0.233 e. The van der Waals surface area contributed by atoms with E-state index < -0.39 is 5.41 Å². The highest BCUT2D eigenvalue weighted by atomic mass is 32.1. The van der Waals surface area contributed by atoms with Gasteiger partial charge in [-0.1, -0.05) is 25.1 Å². The van der Waals surface area contributed by atoms with E-state index in [1.807, 2.05) is 0 Å². The molecule has 2 aliphatic rings. The Labute approximate surface area is 121 Å². The fourth-order valence-corrected chi connectivity index (χ4v) is 3.35. The lowest BCUT2D eigenvalue weighted by Gasteiger charge is -2.40. The fourth-order valence-electron chi connectivity index (χ4n) is 3.05. The summed E-state index contributed by atoms with van der Waals surface area (Å²) in [6, 6.07) is 0.164. The van der Waals surface area contributed by atoms with Crippen molar-refractivity contribution < 1.29 is 4.79 Å². The van der Waals surface area contributed by atoms with Crippen molar-refractivity contribution in [3.8, 4) is 0 Å². The average Bonchev–Trinajstić information content (AvgIpc) is 2.27. The molecule has 1 saturated heterocycles. The molecule has 1 atom stereocenters. The lowest BCUT2D eigenvalue weighted by molar-refractivity contribution is -0.131. The first-order chi connectivity index (χ1) is 9.04. The quantitative estimate of drug-likeness (QED) is 0.750. The molecule has 0 aromatic rings. The van der Waals surface area contributed by atoms with Gasteiger partial charge in [-0.15, -0.1) is 0 Å². The molecule has 2 fully saturated rings. The summed E-state index contributed by atoms with van der Waals surface area (Å²) in [7, 11) is 0. The van der Waals surface area contributed by atoms with Gasteiger partial charge in [-0.2, -0.15) is 0 Å². The number of nitrogens with zero attached hydrogens (tertiary/aromatic N) is 1. The van der Waals surface area contributed by atoms with Crippen LogP contribution in [0.2, 0.25) is 0 Å². The lowest BCUT2D eigenvalue weighted by atomic mass is 9.68. The van der Waals surface area contributed by atoms with Gasteiger partial charge in [-0.3, -0.25) is 4.79 Å². The summed E-state index contributed by atoms with van der Waals surface area (Å²) < 4.78 is 0. The lowest BCUT2D eigenvalue weighted by Crippen LogP contribution is -2.56. The minimum Gasteiger partial charge on any atom is -0.392 e. The van der Waals surface area contributed by atoms with Crippen LogP contribution in [0.15, 0.2) is 0 Å². The van der Waals surface area contributed by atoms with Gasteiger partial charge in [0.1, 0.15) is 0 Å². The second-order valence-corrected chi connectivity index (χ2v) is 6.48. The highest BCUT2D eigenvalue weighted by molar-refractivity contribution is 7.80. The Kier molecular flexibility index (Phi) is 4.79. The molecule has 4 nitrogen and oxygen atoms in total. The van der Waals surface area contributed by atoms with E-state index in [2.05, 4.69) is 17.1 Å². The number of amides is 1. The Bertz CT molecular complexity index is 349. The van der Waals surface area contributed by atoms with Crippen molar-refractivity contribution in [1.29, 1.82) is 0 Å². The summed E-state index contributed by atoms with van der Waals surface area (Å²) >= 11 is 5.08. The van der Waals surface area contributed by atoms with E-state index in [0.29, 0.717) is 4.99 Å². The monoisotopic (exact) mass is 283 g/mol. The number of piperidine rings is 1. The zero-order valence-corrected chi connectivity index (χ0v) is 12.6. The zero-order chi connectivity index (χ0) is 13.9. The number of nitrogens with two attached hydrogens (primary N) is 1. The first-order valence-electron chi connectivity index (χ1n) is 7.38. The van der Waals surface area contributed by atoms with Crippen LogP contribution in [-0.2, 0) is 4.79 Å². The first kappa shape index (κ1) is 14.7. The number of carbonyl (C=O) groups excluding carboxylic acids is 1. The van der Waals surface area contributed by atoms with E-state index in [1.54, 1.807) is 0 Å². The smallest absolute Gasteiger partial charge is 0.233 e. The molecule has 1 unspecified atom stereocenters. The van der Waals surface area contributed by atoms with Crippen molar-refractivity contribution in [2.75, 3.05) is 19.6 Å². The predicted octanol–water partition coefficient (Wildman–Crippen LogP) is 1.43. The third-order valence-electron chi connectivity index (χ3n) is 4.47. The molecule has 1 amide bonds. The van der Waals surface area contributed by atoms with Crippen LogP contribution in [0.1, 0.15) is 45.4 Å². The minimum atomic E-state index is -0.550. The van der Waals surface area contributed by atoms with E-state index in [-0.39, 0.29) is 11.9 Å². The van der Waals surface area contributed by atoms with Gasteiger partial charge in [-0.05, 0) is 45.7 Å². The highest BCUT2D eigenvalue weighted by Gasteiger charge is 2.47. The largest absolute Gasteiger partial charge is 0.392 e. The highest BCUT2D eigenvalue weighted by Crippen LogP contribution is 2.41. The zero-order valence-electron chi connectivity index (χ0n) is 11.8. The fraction of sp³-hybridized carbons (Fsp3) is 0.857. The van der Waals surface area contributed by atoms with E-state index in [4.69, 9.17) is 18.0 Å². The number of likely N-dealkylation sites (tertiary alicyclic amines) is 1. The Morgan fingerprint density at radius 1 is 1.32 bits per heavy atom. The first-order valence-corrected chi connectivity index (χ1v) is 7.79. The molecule has 3 N–H and O–H groups in total. The van der Waals surface area contributed by atoms with Crippen molar-refractivity contribution in [3.05, 3.63) is 0 Å². The molecule has 108 valence electrons. The van der Waals surface area contributed by atoms with Gasteiger partial charge in [0, 0.05) is 12.6 Å². The Balaban J connectivity index is 1.82. The number of nitrogens with one attached hydrogen (secondary N) is 1. The van der Waals surface area contributed by atoms with Crippen LogP contribution in [-0.4, -0.2) is 41.5 Å². The Morgan fingerprint density at radius 2 is 1.95 bits per heavy atom. The summed E-state index contributed by atoms with van der Waals surface area (Å²) in [4.78, 5) is 15.1. The summed E-state index contributed by atoms with van der Waals surface area (Å²) in [6.45, 7) is 5.30. The SMILES string of the molecule is CC(CN1CCCCC1)NC(=O)C1(C(N)=S)CCC1. The molecule has 0 bridgehead atoms. The standard InChI is InChI=1S/C14H25N3OS/c1-11(10-17-8-3-2-4-9-17)16-13(18)14(12(15)19)6-5-7-14/h11H,2-10H2,1H3,(H2,15,19)(H,16,18). The van der Waals surface area contributed by atoms with Gasteiger partial charge < -0.3 is 16.0 Å². The van der Waals surface area contributed by atoms with E-state index >= 15 is 0 Å². The van der Waals surface area contributed by atoms with Crippen molar-refractivity contribution in [1.82, 2.24) is 10.2 Å². The normalized spacial score (nSPS) is 24.3. The molecule has 0 aromatic carbocycles. The molecule has 0 aromatic heterocycles. The molecule has 1 aliphatic heterocycles. The van der Waals surface area contributed by atoms with Gasteiger partial charge in [-0.25, -0.2) is 0 Å². The molecule has 1 aliphatic carbocycles. The average molecular weight is 283 g/mol. The van der Waals surface area contributed by atoms with Crippen molar-refractivity contribution >= 4 is 23.1 Å². The topological polar surface area (TPSA) is 58.4 Å².